The first kappa shape index (κ1) is 25.8. The minimum atomic E-state index is -0.436. The number of ether oxygens (including phenoxy) is 4. The Hall–Kier alpha value is -4.86. The monoisotopic (exact) mass is 492 g/mol. The van der Waals surface area contributed by atoms with E-state index in [0.29, 0.717) is 51.3 Å². The lowest BCUT2D eigenvalue weighted by Gasteiger charge is -2.13. The van der Waals surface area contributed by atoms with Gasteiger partial charge in [-0.15, -0.1) is 0 Å². The van der Waals surface area contributed by atoms with E-state index < -0.39 is 11.8 Å². The quantitative estimate of drug-likeness (QED) is 0.261. The molecule has 0 aromatic heterocycles. The highest BCUT2D eigenvalue weighted by Crippen LogP contribution is 2.35. The summed E-state index contributed by atoms with van der Waals surface area (Å²) in [7, 11) is 6.03. The predicted octanol–water partition coefficient (Wildman–Crippen LogP) is 3.79. The third kappa shape index (κ3) is 6.17. The summed E-state index contributed by atoms with van der Waals surface area (Å²) in [6.07, 6.45) is 2.91. The molecule has 0 aliphatic heterocycles. The van der Waals surface area contributed by atoms with Crippen LogP contribution in [0.25, 0.3) is 6.08 Å². The molecule has 188 valence electrons. The number of nitrogen functional groups attached to an aromatic ring is 2. The van der Waals surface area contributed by atoms with E-state index in [4.69, 9.17) is 30.4 Å². The summed E-state index contributed by atoms with van der Waals surface area (Å²) in [5.74, 6) is 1.06. The van der Waals surface area contributed by atoms with Crippen molar-refractivity contribution in [2.75, 3.05) is 50.5 Å². The van der Waals surface area contributed by atoms with Crippen LogP contribution < -0.4 is 41.0 Å². The van der Waals surface area contributed by atoms with Gasteiger partial charge in [-0.2, -0.15) is 0 Å². The van der Waals surface area contributed by atoms with Gasteiger partial charge in [-0.3, -0.25) is 9.59 Å². The number of methoxy groups -OCH3 is 4. The Kier molecular flexibility index (Phi) is 8.24. The Balaban J connectivity index is 1.80. The predicted molar refractivity (Wildman–Crippen MR) is 140 cm³/mol. The number of benzene rings is 3. The molecule has 6 N–H and O–H groups in total. The molecule has 0 bridgehead atoms. The molecule has 0 fully saturated rings. The van der Waals surface area contributed by atoms with Crippen molar-refractivity contribution in [3.05, 3.63) is 65.7 Å². The molecule has 0 radical (unpaired) electrons. The van der Waals surface area contributed by atoms with Crippen LogP contribution in [0.15, 0.2) is 54.6 Å². The minimum absolute atomic E-state index is 0.286. The summed E-state index contributed by atoms with van der Waals surface area (Å²) in [5, 5.41) is 5.51. The van der Waals surface area contributed by atoms with Gasteiger partial charge in [-0.05, 0) is 42.5 Å². The number of nitrogens with two attached hydrogens (primary N) is 2. The van der Waals surface area contributed by atoms with Crippen LogP contribution in [-0.2, 0) is 4.79 Å². The number of carbonyl (C=O) groups is 2. The van der Waals surface area contributed by atoms with E-state index in [1.165, 1.54) is 46.6 Å². The van der Waals surface area contributed by atoms with Crippen LogP contribution in [0, 0.1) is 0 Å². The number of nitrogens with one attached hydrogen (secondary N) is 2. The van der Waals surface area contributed by atoms with Crippen LogP contribution in [0.4, 0.5) is 22.7 Å². The zero-order valence-electron chi connectivity index (χ0n) is 20.4. The summed E-state index contributed by atoms with van der Waals surface area (Å²) in [6, 6.07) is 12.8. The molecule has 0 saturated carbocycles. The Morgan fingerprint density at radius 1 is 0.750 bits per heavy atom. The van der Waals surface area contributed by atoms with Gasteiger partial charge in [0.1, 0.15) is 23.0 Å². The number of hydrogen-bond acceptors (Lipinski definition) is 8. The van der Waals surface area contributed by atoms with Gasteiger partial charge in [0, 0.05) is 40.8 Å². The lowest BCUT2D eigenvalue weighted by Crippen LogP contribution is -2.14. The first-order chi connectivity index (χ1) is 17.3. The van der Waals surface area contributed by atoms with Crippen molar-refractivity contribution >= 4 is 40.6 Å². The first-order valence-corrected chi connectivity index (χ1v) is 10.7. The van der Waals surface area contributed by atoms with Crippen LogP contribution in [0.1, 0.15) is 15.9 Å². The third-order valence-corrected chi connectivity index (χ3v) is 5.11. The topological polar surface area (TPSA) is 147 Å². The van der Waals surface area contributed by atoms with Crippen molar-refractivity contribution in [3.8, 4) is 23.0 Å². The highest BCUT2D eigenvalue weighted by Gasteiger charge is 2.14. The second-order valence-corrected chi connectivity index (χ2v) is 7.53. The number of rotatable bonds is 9. The summed E-state index contributed by atoms with van der Waals surface area (Å²) >= 11 is 0. The molecule has 36 heavy (non-hydrogen) atoms. The highest BCUT2D eigenvalue weighted by molar-refractivity contribution is 6.07. The Labute approximate surface area is 208 Å². The molecule has 3 aromatic carbocycles. The van der Waals surface area contributed by atoms with Crippen LogP contribution in [0.2, 0.25) is 0 Å². The van der Waals surface area contributed by atoms with Gasteiger partial charge < -0.3 is 41.0 Å². The standard InChI is InChI=1S/C26H28N4O6/c1-33-19-13-23(35-3)20(24(14-19)36-4)6-8-25(31)29-18-5-7-22(34-2)21(12-18)30-26(32)15-9-16(27)11-17(28)10-15/h5-14H,27-28H2,1-4H3,(H,29,31)(H,30,32)/b8-6+. The molecule has 0 spiro atoms. The molecule has 0 heterocycles. The Morgan fingerprint density at radius 2 is 1.36 bits per heavy atom. The van der Waals surface area contributed by atoms with E-state index in [1.807, 2.05) is 0 Å². The molecule has 2 amide bonds. The number of amides is 2. The molecular formula is C26H28N4O6. The van der Waals surface area contributed by atoms with Gasteiger partial charge in [0.25, 0.3) is 5.91 Å². The van der Waals surface area contributed by atoms with Gasteiger partial charge in [0.2, 0.25) is 5.91 Å². The normalized spacial score (nSPS) is 10.6. The summed E-state index contributed by atoms with van der Waals surface area (Å²) in [4.78, 5) is 25.4. The fraction of sp³-hybridized carbons (Fsp3) is 0.154. The molecule has 10 heteroatoms. The molecule has 10 nitrogen and oxygen atoms in total. The molecule has 0 aliphatic carbocycles. The molecule has 0 aliphatic rings. The lowest BCUT2D eigenvalue weighted by atomic mass is 10.1. The van der Waals surface area contributed by atoms with Crippen molar-refractivity contribution < 1.29 is 28.5 Å². The molecular weight excluding hydrogens is 464 g/mol. The van der Waals surface area contributed by atoms with Gasteiger partial charge in [-0.1, -0.05) is 0 Å². The maximum atomic E-state index is 12.7. The molecule has 3 rings (SSSR count). The second kappa shape index (κ2) is 11.5. The van der Waals surface area contributed by atoms with Crippen molar-refractivity contribution in [3.63, 3.8) is 0 Å². The van der Waals surface area contributed by atoms with E-state index in [2.05, 4.69) is 10.6 Å². The van der Waals surface area contributed by atoms with E-state index in [-0.39, 0.29) is 5.56 Å². The van der Waals surface area contributed by atoms with Crippen LogP contribution in [0.3, 0.4) is 0 Å². The Bertz CT molecular complexity index is 1260. The molecule has 0 unspecified atom stereocenters. The lowest BCUT2D eigenvalue weighted by molar-refractivity contribution is -0.111. The highest BCUT2D eigenvalue weighted by atomic mass is 16.5. The van der Waals surface area contributed by atoms with Gasteiger partial charge >= 0.3 is 0 Å². The molecule has 0 atom stereocenters. The zero-order chi connectivity index (χ0) is 26.2. The number of anilines is 4. The third-order valence-electron chi connectivity index (χ3n) is 5.11. The number of hydrogen-bond donors (Lipinski definition) is 4. The van der Waals surface area contributed by atoms with Crippen LogP contribution >= 0.6 is 0 Å². The summed E-state index contributed by atoms with van der Waals surface area (Å²) < 4.78 is 21.4. The van der Waals surface area contributed by atoms with E-state index >= 15 is 0 Å². The second-order valence-electron chi connectivity index (χ2n) is 7.53. The first-order valence-electron chi connectivity index (χ1n) is 10.7. The van der Waals surface area contributed by atoms with Gasteiger partial charge in [0.15, 0.2) is 0 Å². The number of carbonyl (C=O) groups excluding carboxylic acids is 2. The van der Waals surface area contributed by atoms with Crippen LogP contribution in [0.5, 0.6) is 23.0 Å². The summed E-state index contributed by atoms with van der Waals surface area (Å²) in [5.41, 5.74) is 13.9. The van der Waals surface area contributed by atoms with E-state index in [9.17, 15) is 9.59 Å². The largest absolute Gasteiger partial charge is 0.496 e. The van der Waals surface area contributed by atoms with Crippen molar-refractivity contribution in [2.24, 2.45) is 0 Å². The zero-order valence-corrected chi connectivity index (χ0v) is 20.4. The molecule has 0 saturated heterocycles. The summed E-state index contributed by atoms with van der Waals surface area (Å²) in [6.45, 7) is 0. The van der Waals surface area contributed by atoms with Crippen LogP contribution in [-0.4, -0.2) is 40.3 Å². The van der Waals surface area contributed by atoms with Gasteiger partial charge in [-0.25, -0.2) is 0 Å². The minimum Gasteiger partial charge on any atom is -0.496 e. The van der Waals surface area contributed by atoms with Crippen molar-refractivity contribution in [1.29, 1.82) is 0 Å². The van der Waals surface area contributed by atoms with E-state index in [1.54, 1.807) is 42.5 Å². The molecule has 3 aromatic rings. The van der Waals surface area contributed by atoms with Gasteiger partial charge in [0.05, 0.1) is 39.7 Å². The average Bonchev–Trinajstić information content (AvgIpc) is 2.86. The van der Waals surface area contributed by atoms with Crippen molar-refractivity contribution in [2.45, 2.75) is 0 Å². The Morgan fingerprint density at radius 3 is 1.92 bits per heavy atom. The van der Waals surface area contributed by atoms with Crippen molar-refractivity contribution in [1.82, 2.24) is 0 Å². The van der Waals surface area contributed by atoms with E-state index in [0.717, 1.165) is 0 Å². The average molecular weight is 493 g/mol. The fourth-order valence-corrected chi connectivity index (χ4v) is 3.43. The smallest absolute Gasteiger partial charge is 0.255 e. The SMILES string of the molecule is COc1cc(OC)c(/C=C/C(=O)Nc2ccc(OC)c(NC(=O)c3cc(N)cc(N)c3)c2)c(OC)c1. The maximum Gasteiger partial charge on any atom is 0.255 e. The fourth-order valence-electron chi connectivity index (χ4n) is 3.43. The maximum absolute atomic E-state index is 12.7.